The molecule has 2 rings (SSSR count). The van der Waals surface area contributed by atoms with E-state index in [1.54, 1.807) is 45.0 Å². The predicted molar refractivity (Wildman–Crippen MR) is 137 cm³/mol. The first-order valence-electron chi connectivity index (χ1n) is 11.8. The van der Waals surface area contributed by atoms with Crippen molar-refractivity contribution in [3.63, 3.8) is 0 Å². The van der Waals surface area contributed by atoms with Crippen LogP contribution in [-0.2, 0) is 25.9 Å². The van der Waals surface area contributed by atoms with Crippen LogP contribution in [0.3, 0.4) is 0 Å². The molecule has 3 N–H and O–H groups in total. The lowest BCUT2D eigenvalue weighted by atomic mass is 9.95. The summed E-state index contributed by atoms with van der Waals surface area (Å²) in [5.74, 6) is 0.675. The molecule has 0 aliphatic rings. The molecule has 0 fully saturated rings. The number of carbonyl (C=O) groups excluding carboxylic acids is 1. The lowest BCUT2D eigenvalue weighted by Gasteiger charge is -2.39. The Morgan fingerprint density at radius 2 is 1.61 bits per heavy atom. The number of carbonyl (C=O) groups is 1. The average Bonchev–Trinajstić information content (AvgIpc) is 2.77. The molecule has 1 amide bonds. The smallest absolute Gasteiger partial charge is 0.409 e. The van der Waals surface area contributed by atoms with E-state index < -0.39 is 33.5 Å². The molecule has 0 heterocycles. The summed E-state index contributed by atoms with van der Waals surface area (Å²) >= 11 is 0. The van der Waals surface area contributed by atoms with Gasteiger partial charge in [-0.15, -0.1) is 0 Å². The van der Waals surface area contributed by atoms with Gasteiger partial charge in [0.25, 0.3) is 0 Å². The van der Waals surface area contributed by atoms with Crippen molar-refractivity contribution >= 4 is 16.1 Å². The molecule has 10 heteroatoms. The summed E-state index contributed by atoms with van der Waals surface area (Å²) in [5.41, 5.74) is -2.07. The highest BCUT2D eigenvalue weighted by Crippen LogP contribution is 2.23. The number of methoxy groups -OCH3 is 1. The second kappa shape index (κ2) is 12.5. The van der Waals surface area contributed by atoms with Crippen molar-refractivity contribution in [2.45, 2.75) is 63.3 Å². The molecule has 0 aliphatic carbocycles. The zero-order chi connectivity index (χ0) is 27.0. The van der Waals surface area contributed by atoms with Crippen LogP contribution in [0.25, 0.3) is 0 Å². The summed E-state index contributed by atoms with van der Waals surface area (Å²) in [6.45, 7) is 9.09. The summed E-state index contributed by atoms with van der Waals surface area (Å²) in [5, 5.41) is 13.9. The zero-order valence-electron chi connectivity index (χ0n) is 21.8. The number of hydrogen-bond donors (Lipinski definition) is 3. The first-order valence-corrected chi connectivity index (χ1v) is 13.2. The largest absolute Gasteiger partial charge is 0.497 e. The quantitative estimate of drug-likeness (QED) is 0.365. The van der Waals surface area contributed by atoms with E-state index in [0.29, 0.717) is 17.9 Å². The van der Waals surface area contributed by atoms with Crippen LogP contribution < -0.4 is 14.8 Å². The van der Waals surface area contributed by atoms with Crippen LogP contribution in [0.4, 0.5) is 4.79 Å². The maximum absolute atomic E-state index is 13.5. The third kappa shape index (κ3) is 9.09. The molecule has 2 aromatic carbocycles. The van der Waals surface area contributed by atoms with E-state index in [2.05, 4.69) is 10.0 Å². The number of aliphatic hydroxyl groups excluding tert-OH is 1. The number of hydrogen-bond acceptors (Lipinski definition) is 7. The van der Waals surface area contributed by atoms with E-state index in [1.807, 2.05) is 19.9 Å². The highest BCUT2D eigenvalue weighted by atomic mass is 32.2. The number of ether oxygens (including phenoxy) is 3. The Labute approximate surface area is 214 Å². The number of benzene rings is 2. The van der Waals surface area contributed by atoms with Gasteiger partial charge in [0, 0.05) is 13.0 Å². The molecule has 2 aromatic rings. The monoisotopic (exact) mass is 522 g/mol. The van der Waals surface area contributed by atoms with Gasteiger partial charge in [-0.3, -0.25) is 5.32 Å². The molecule has 36 heavy (non-hydrogen) atoms. The van der Waals surface area contributed by atoms with Crippen LogP contribution in [-0.4, -0.2) is 57.3 Å². The topological polar surface area (TPSA) is 123 Å². The third-order valence-corrected chi connectivity index (χ3v) is 6.56. The van der Waals surface area contributed by atoms with Crippen molar-refractivity contribution in [3.05, 3.63) is 60.2 Å². The molecular formula is C26H38N2O7S. The SMILES string of the molecule is COc1ccc(S(=O)(=O)N[C@](Cc2ccccc2)(NC(=O)OC(C)(C)C)[C@@H](O)COCC(C)C)cc1. The van der Waals surface area contributed by atoms with E-state index in [0.717, 1.165) is 0 Å². The molecule has 9 nitrogen and oxygen atoms in total. The molecule has 0 aromatic heterocycles. The number of alkyl carbamates (subject to hydrolysis) is 1. The molecule has 2 atom stereocenters. The molecular weight excluding hydrogens is 484 g/mol. The Balaban J connectivity index is 2.53. The van der Waals surface area contributed by atoms with Crippen LogP contribution >= 0.6 is 0 Å². The summed E-state index contributed by atoms with van der Waals surface area (Å²) < 4.78 is 45.7. The number of nitrogens with one attached hydrogen (secondary N) is 2. The van der Waals surface area contributed by atoms with E-state index in [1.165, 1.54) is 31.4 Å². The van der Waals surface area contributed by atoms with Crippen molar-refractivity contribution in [1.29, 1.82) is 0 Å². The number of sulfonamides is 1. The number of rotatable bonds is 12. The van der Waals surface area contributed by atoms with Crippen molar-refractivity contribution < 1.29 is 32.5 Å². The number of aliphatic hydroxyl groups is 1. The zero-order valence-corrected chi connectivity index (χ0v) is 22.6. The van der Waals surface area contributed by atoms with E-state index in [9.17, 15) is 18.3 Å². The van der Waals surface area contributed by atoms with Crippen LogP contribution in [0.2, 0.25) is 0 Å². The van der Waals surface area contributed by atoms with Crippen LogP contribution in [0, 0.1) is 5.92 Å². The van der Waals surface area contributed by atoms with E-state index >= 15 is 0 Å². The summed E-state index contributed by atoms with van der Waals surface area (Å²) in [7, 11) is -2.75. The van der Waals surface area contributed by atoms with Gasteiger partial charge >= 0.3 is 6.09 Å². The molecule has 0 unspecified atom stereocenters. The standard InChI is InChI=1S/C26H38N2O7S/c1-19(2)17-34-18-23(29)26(16-20-10-8-7-9-11-20,27-24(30)35-25(3,4)5)28-36(31,32)22-14-12-21(33-6)13-15-22/h7-15,19,23,28-29H,16-18H2,1-6H3,(H,27,30)/t23-,26-/m0/s1. The molecule has 0 radical (unpaired) electrons. The molecule has 0 aliphatic heterocycles. The fourth-order valence-corrected chi connectivity index (χ4v) is 4.74. The van der Waals surface area contributed by atoms with Crippen molar-refractivity contribution in [2.75, 3.05) is 20.3 Å². The minimum atomic E-state index is -4.23. The van der Waals surface area contributed by atoms with Crippen molar-refractivity contribution in [1.82, 2.24) is 10.0 Å². The highest BCUT2D eigenvalue weighted by molar-refractivity contribution is 7.89. The minimum absolute atomic E-state index is 0.0676. The normalized spacial score (nSPS) is 14.7. The van der Waals surface area contributed by atoms with Gasteiger partial charge < -0.3 is 19.3 Å². The van der Waals surface area contributed by atoms with E-state index in [4.69, 9.17) is 14.2 Å². The van der Waals surface area contributed by atoms with E-state index in [-0.39, 0.29) is 23.8 Å². The maximum Gasteiger partial charge on any atom is 0.409 e. The van der Waals surface area contributed by atoms with Crippen LogP contribution in [0.5, 0.6) is 5.75 Å². The van der Waals surface area contributed by atoms with Crippen molar-refractivity contribution in [3.8, 4) is 5.75 Å². The Bertz CT molecular complexity index is 1070. The Kier molecular flexibility index (Phi) is 10.3. The molecule has 0 saturated carbocycles. The first-order chi connectivity index (χ1) is 16.8. The van der Waals surface area contributed by atoms with Crippen LogP contribution in [0.15, 0.2) is 59.5 Å². The van der Waals surface area contributed by atoms with Gasteiger partial charge in [0.2, 0.25) is 10.0 Å². The number of amides is 1. The Hall–Kier alpha value is -2.66. The fourth-order valence-electron chi connectivity index (χ4n) is 3.39. The van der Waals surface area contributed by atoms with Gasteiger partial charge in [-0.05, 0) is 56.5 Å². The van der Waals surface area contributed by atoms with Gasteiger partial charge in [0.1, 0.15) is 23.1 Å². The lowest BCUT2D eigenvalue weighted by molar-refractivity contribution is -0.0340. The second-order valence-electron chi connectivity index (χ2n) is 9.99. The Morgan fingerprint density at radius 3 is 2.14 bits per heavy atom. The fraction of sp³-hybridized carbons (Fsp3) is 0.500. The van der Waals surface area contributed by atoms with Crippen molar-refractivity contribution in [2.24, 2.45) is 5.92 Å². The molecule has 0 bridgehead atoms. The Morgan fingerprint density at radius 1 is 1.00 bits per heavy atom. The predicted octanol–water partition coefficient (Wildman–Crippen LogP) is 3.47. The van der Waals surface area contributed by atoms with Gasteiger partial charge in [-0.25, -0.2) is 13.2 Å². The highest BCUT2D eigenvalue weighted by Gasteiger charge is 2.44. The average molecular weight is 523 g/mol. The molecule has 200 valence electrons. The summed E-state index contributed by atoms with van der Waals surface area (Å²) in [6, 6.07) is 14.7. The lowest BCUT2D eigenvalue weighted by Crippen LogP contribution is -2.69. The third-order valence-electron chi connectivity index (χ3n) is 5.03. The van der Waals surface area contributed by atoms with Gasteiger partial charge in [-0.1, -0.05) is 44.2 Å². The molecule has 0 saturated heterocycles. The van der Waals surface area contributed by atoms with Gasteiger partial charge in [0.05, 0.1) is 18.6 Å². The second-order valence-corrected chi connectivity index (χ2v) is 11.7. The van der Waals surface area contributed by atoms with Gasteiger partial charge in [0.15, 0.2) is 0 Å². The maximum atomic E-state index is 13.5. The van der Waals surface area contributed by atoms with Gasteiger partial charge in [-0.2, -0.15) is 4.72 Å². The summed E-state index contributed by atoms with van der Waals surface area (Å²) in [4.78, 5) is 12.9. The molecule has 0 spiro atoms. The first kappa shape index (κ1) is 29.6. The summed E-state index contributed by atoms with van der Waals surface area (Å²) in [6.07, 6.45) is -2.43. The minimum Gasteiger partial charge on any atom is -0.497 e. The van der Waals surface area contributed by atoms with Crippen LogP contribution in [0.1, 0.15) is 40.2 Å².